The molecule has 94 valence electrons. The van der Waals surface area contributed by atoms with Gasteiger partial charge >= 0.3 is 0 Å². The summed E-state index contributed by atoms with van der Waals surface area (Å²) in [4.78, 5) is 0. The SMILES string of the molecule is CCCC1CC2(CCO1)CNC(C)C(C)O2. The third kappa shape index (κ3) is 2.58. The molecule has 0 aromatic carbocycles. The molecule has 2 saturated heterocycles. The molecule has 4 unspecified atom stereocenters. The van der Waals surface area contributed by atoms with Crippen molar-refractivity contribution in [2.75, 3.05) is 13.2 Å². The van der Waals surface area contributed by atoms with E-state index in [1.807, 2.05) is 0 Å². The van der Waals surface area contributed by atoms with Crippen molar-refractivity contribution in [3.63, 3.8) is 0 Å². The maximum Gasteiger partial charge on any atom is 0.0857 e. The van der Waals surface area contributed by atoms with Gasteiger partial charge in [0.05, 0.1) is 17.8 Å². The Morgan fingerprint density at radius 3 is 2.88 bits per heavy atom. The van der Waals surface area contributed by atoms with Crippen molar-refractivity contribution in [1.82, 2.24) is 5.32 Å². The summed E-state index contributed by atoms with van der Waals surface area (Å²) in [7, 11) is 0. The Bertz CT molecular complexity index is 232. The van der Waals surface area contributed by atoms with E-state index in [4.69, 9.17) is 9.47 Å². The standard InChI is InChI=1S/C13H25NO2/c1-4-5-12-8-13(6-7-15-12)9-14-10(2)11(3)16-13/h10-12,14H,4-9H2,1-3H3. The fourth-order valence-corrected chi connectivity index (χ4v) is 2.81. The average molecular weight is 227 g/mol. The number of morpholine rings is 1. The Kier molecular flexibility index (Phi) is 3.88. The molecule has 0 aromatic heterocycles. The van der Waals surface area contributed by atoms with Crippen LogP contribution in [-0.2, 0) is 9.47 Å². The molecule has 3 heteroatoms. The molecule has 1 spiro atoms. The zero-order chi connectivity index (χ0) is 11.6. The molecule has 2 heterocycles. The van der Waals surface area contributed by atoms with Gasteiger partial charge in [0, 0.05) is 32.0 Å². The van der Waals surface area contributed by atoms with Crippen LogP contribution in [0.25, 0.3) is 0 Å². The van der Waals surface area contributed by atoms with Crippen LogP contribution in [0, 0.1) is 0 Å². The molecule has 0 radical (unpaired) electrons. The summed E-state index contributed by atoms with van der Waals surface area (Å²) in [6.07, 6.45) is 5.17. The Labute approximate surface area is 98.9 Å². The summed E-state index contributed by atoms with van der Waals surface area (Å²) in [5, 5.41) is 3.57. The second-order valence-electron chi connectivity index (χ2n) is 5.41. The van der Waals surface area contributed by atoms with Gasteiger partial charge in [-0.3, -0.25) is 0 Å². The molecule has 2 aliphatic rings. The quantitative estimate of drug-likeness (QED) is 0.783. The fourth-order valence-electron chi connectivity index (χ4n) is 2.81. The van der Waals surface area contributed by atoms with E-state index in [1.54, 1.807) is 0 Å². The molecule has 0 bridgehead atoms. The average Bonchev–Trinajstić information content (AvgIpc) is 2.25. The van der Waals surface area contributed by atoms with E-state index in [2.05, 4.69) is 26.1 Å². The lowest BCUT2D eigenvalue weighted by Crippen LogP contribution is -2.60. The van der Waals surface area contributed by atoms with E-state index >= 15 is 0 Å². The smallest absolute Gasteiger partial charge is 0.0857 e. The molecule has 3 nitrogen and oxygen atoms in total. The van der Waals surface area contributed by atoms with Gasteiger partial charge in [-0.15, -0.1) is 0 Å². The molecule has 2 rings (SSSR count). The van der Waals surface area contributed by atoms with Gasteiger partial charge in [0.25, 0.3) is 0 Å². The van der Waals surface area contributed by atoms with Gasteiger partial charge in [0.15, 0.2) is 0 Å². The van der Waals surface area contributed by atoms with Gasteiger partial charge in [-0.05, 0) is 20.3 Å². The van der Waals surface area contributed by atoms with Gasteiger partial charge in [0.2, 0.25) is 0 Å². The third-order valence-electron chi connectivity index (χ3n) is 4.01. The highest BCUT2D eigenvalue weighted by Crippen LogP contribution is 2.33. The number of hydrogen-bond acceptors (Lipinski definition) is 3. The fraction of sp³-hybridized carbons (Fsp3) is 1.00. The summed E-state index contributed by atoms with van der Waals surface area (Å²) in [6, 6.07) is 0.470. The molecule has 16 heavy (non-hydrogen) atoms. The van der Waals surface area contributed by atoms with Gasteiger partial charge in [0.1, 0.15) is 0 Å². The Balaban J connectivity index is 1.96. The van der Waals surface area contributed by atoms with Gasteiger partial charge in [-0.25, -0.2) is 0 Å². The number of ether oxygens (including phenoxy) is 2. The van der Waals surface area contributed by atoms with E-state index in [0.717, 1.165) is 32.4 Å². The normalized spacial score (nSPS) is 44.8. The predicted octanol–water partition coefficient (Wildman–Crippen LogP) is 2.10. The van der Waals surface area contributed by atoms with Crippen LogP contribution in [0.1, 0.15) is 46.5 Å². The monoisotopic (exact) mass is 227 g/mol. The maximum atomic E-state index is 6.26. The molecular weight excluding hydrogens is 202 g/mol. The first-order valence-corrected chi connectivity index (χ1v) is 6.68. The molecule has 2 fully saturated rings. The van der Waals surface area contributed by atoms with Gasteiger partial charge < -0.3 is 14.8 Å². The summed E-state index contributed by atoms with van der Waals surface area (Å²) >= 11 is 0. The summed E-state index contributed by atoms with van der Waals surface area (Å²) in [5.74, 6) is 0. The van der Waals surface area contributed by atoms with Crippen LogP contribution in [0.5, 0.6) is 0 Å². The first kappa shape index (κ1) is 12.3. The highest BCUT2D eigenvalue weighted by atomic mass is 16.5. The van der Waals surface area contributed by atoms with Crippen LogP contribution in [0.15, 0.2) is 0 Å². The van der Waals surface area contributed by atoms with Crippen LogP contribution < -0.4 is 5.32 Å². The van der Waals surface area contributed by atoms with Crippen LogP contribution in [0.3, 0.4) is 0 Å². The summed E-state index contributed by atoms with van der Waals surface area (Å²) < 4.78 is 12.1. The minimum Gasteiger partial charge on any atom is -0.378 e. The maximum absolute atomic E-state index is 6.26. The van der Waals surface area contributed by atoms with Crippen LogP contribution in [-0.4, -0.2) is 37.0 Å². The van der Waals surface area contributed by atoms with Crippen molar-refractivity contribution in [3.05, 3.63) is 0 Å². The zero-order valence-corrected chi connectivity index (χ0v) is 10.8. The van der Waals surface area contributed by atoms with Crippen LogP contribution in [0.2, 0.25) is 0 Å². The van der Waals surface area contributed by atoms with E-state index in [-0.39, 0.29) is 5.60 Å². The van der Waals surface area contributed by atoms with Crippen molar-refractivity contribution in [2.24, 2.45) is 0 Å². The minimum atomic E-state index is 0.0456. The molecule has 0 amide bonds. The Morgan fingerprint density at radius 2 is 2.19 bits per heavy atom. The number of hydrogen-bond donors (Lipinski definition) is 1. The van der Waals surface area contributed by atoms with E-state index < -0.39 is 0 Å². The largest absolute Gasteiger partial charge is 0.378 e. The second kappa shape index (κ2) is 5.03. The molecule has 0 aliphatic carbocycles. The lowest BCUT2D eigenvalue weighted by atomic mass is 9.86. The molecule has 0 aromatic rings. The van der Waals surface area contributed by atoms with Crippen molar-refractivity contribution >= 4 is 0 Å². The molecule has 2 aliphatic heterocycles. The van der Waals surface area contributed by atoms with Crippen molar-refractivity contribution in [2.45, 2.75) is 70.3 Å². The highest BCUT2D eigenvalue weighted by Gasteiger charge is 2.42. The van der Waals surface area contributed by atoms with E-state index in [9.17, 15) is 0 Å². The van der Waals surface area contributed by atoms with Gasteiger partial charge in [-0.1, -0.05) is 13.3 Å². The van der Waals surface area contributed by atoms with Crippen molar-refractivity contribution < 1.29 is 9.47 Å². The van der Waals surface area contributed by atoms with Crippen molar-refractivity contribution in [3.8, 4) is 0 Å². The Morgan fingerprint density at radius 1 is 1.38 bits per heavy atom. The van der Waals surface area contributed by atoms with E-state index in [1.165, 1.54) is 6.42 Å². The van der Waals surface area contributed by atoms with Crippen LogP contribution in [0.4, 0.5) is 0 Å². The topological polar surface area (TPSA) is 30.5 Å². The van der Waals surface area contributed by atoms with E-state index in [0.29, 0.717) is 18.2 Å². The summed E-state index contributed by atoms with van der Waals surface area (Å²) in [5.41, 5.74) is 0.0456. The minimum absolute atomic E-state index is 0.0456. The first-order valence-electron chi connectivity index (χ1n) is 6.68. The van der Waals surface area contributed by atoms with Crippen LogP contribution >= 0.6 is 0 Å². The molecule has 4 atom stereocenters. The first-order chi connectivity index (χ1) is 7.65. The third-order valence-corrected chi connectivity index (χ3v) is 4.01. The summed E-state index contributed by atoms with van der Waals surface area (Å²) in [6.45, 7) is 8.42. The predicted molar refractivity (Wildman–Crippen MR) is 64.6 cm³/mol. The number of nitrogens with one attached hydrogen (secondary N) is 1. The second-order valence-corrected chi connectivity index (χ2v) is 5.41. The number of rotatable bonds is 2. The molecular formula is C13H25NO2. The molecule has 1 N–H and O–H groups in total. The zero-order valence-electron chi connectivity index (χ0n) is 10.8. The molecule has 0 saturated carbocycles. The van der Waals surface area contributed by atoms with Crippen molar-refractivity contribution in [1.29, 1.82) is 0 Å². The lowest BCUT2D eigenvalue weighted by molar-refractivity contribution is -0.183. The highest BCUT2D eigenvalue weighted by molar-refractivity contribution is 4.95. The lowest BCUT2D eigenvalue weighted by Gasteiger charge is -2.47. The van der Waals surface area contributed by atoms with Gasteiger partial charge in [-0.2, -0.15) is 0 Å². The Hall–Kier alpha value is -0.120.